The number of hydrogen-bond donors (Lipinski definition) is 2. The number of aliphatic hydroxyl groups excluding tert-OH is 1. The molecule has 0 aromatic heterocycles. The van der Waals surface area contributed by atoms with Gasteiger partial charge in [0.1, 0.15) is 0 Å². The summed E-state index contributed by atoms with van der Waals surface area (Å²) in [5.74, 6) is 1.52. The summed E-state index contributed by atoms with van der Waals surface area (Å²) in [6.45, 7) is 1.63. The quantitative estimate of drug-likeness (QED) is 0.807. The Morgan fingerprint density at radius 3 is 2.06 bits per heavy atom. The zero-order chi connectivity index (χ0) is 13.0. The van der Waals surface area contributed by atoms with Crippen LogP contribution in [0.25, 0.3) is 0 Å². The van der Waals surface area contributed by atoms with Gasteiger partial charge in [0.05, 0.1) is 33.5 Å². The minimum absolute atomic E-state index is 0.476. The maximum atomic E-state index is 9.53. The van der Waals surface area contributed by atoms with Crippen LogP contribution in [-0.4, -0.2) is 32.5 Å². The molecule has 0 aliphatic heterocycles. The first-order valence-corrected chi connectivity index (χ1v) is 5.29. The van der Waals surface area contributed by atoms with Crippen molar-refractivity contribution in [2.24, 2.45) is 5.73 Å². The van der Waals surface area contributed by atoms with Crippen LogP contribution in [0.15, 0.2) is 12.1 Å². The summed E-state index contributed by atoms with van der Waals surface area (Å²) >= 11 is 0. The van der Waals surface area contributed by atoms with Gasteiger partial charge in [0, 0.05) is 5.56 Å². The molecule has 0 spiro atoms. The van der Waals surface area contributed by atoms with E-state index in [0.29, 0.717) is 22.8 Å². The molecule has 1 aromatic carbocycles. The van der Waals surface area contributed by atoms with Crippen LogP contribution in [0.4, 0.5) is 0 Å². The van der Waals surface area contributed by atoms with Crippen molar-refractivity contribution in [1.82, 2.24) is 0 Å². The lowest BCUT2D eigenvalue weighted by Crippen LogP contribution is -2.23. The van der Waals surface area contributed by atoms with Crippen molar-refractivity contribution in [1.29, 1.82) is 0 Å². The van der Waals surface area contributed by atoms with E-state index in [2.05, 4.69) is 0 Å². The van der Waals surface area contributed by atoms with Gasteiger partial charge in [0.15, 0.2) is 11.5 Å². The Hall–Kier alpha value is -1.46. The Morgan fingerprint density at radius 1 is 1.06 bits per heavy atom. The van der Waals surface area contributed by atoms with Gasteiger partial charge in [-0.25, -0.2) is 0 Å². The molecule has 17 heavy (non-hydrogen) atoms. The first-order chi connectivity index (χ1) is 8.06. The predicted molar refractivity (Wildman–Crippen MR) is 64.7 cm³/mol. The van der Waals surface area contributed by atoms with Gasteiger partial charge in [0.25, 0.3) is 0 Å². The molecule has 3 N–H and O–H groups in total. The highest BCUT2D eigenvalue weighted by molar-refractivity contribution is 5.56. The number of benzene rings is 1. The molecule has 0 aliphatic carbocycles. The molecular weight excluding hydrogens is 222 g/mol. The lowest BCUT2D eigenvalue weighted by Gasteiger charge is -2.21. The van der Waals surface area contributed by atoms with Gasteiger partial charge >= 0.3 is 0 Å². The Balaban J connectivity index is 3.32. The Bertz CT molecular complexity index is 379. The van der Waals surface area contributed by atoms with Crippen molar-refractivity contribution in [2.75, 3.05) is 21.3 Å². The number of nitrogens with two attached hydrogens (primary N) is 1. The molecule has 0 fully saturated rings. The average molecular weight is 241 g/mol. The smallest absolute Gasteiger partial charge is 0.203 e. The Morgan fingerprint density at radius 2 is 1.65 bits per heavy atom. The molecular formula is C12H19NO4. The van der Waals surface area contributed by atoms with E-state index in [9.17, 15) is 5.11 Å². The van der Waals surface area contributed by atoms with Crippen LogP contribution in [0, 0.1) is 0 Å². The molecule has 0 bridgehead atoms. The maximum absolute atomic E-state index is 9.53. The van der Waals surface area contributed by atoms with E-state index in [1.54, 1.807) is 26.2 Å². The summed E-state index contributed by atoms with van der Waals surface area (Å²) in [4.78, 5) is 0. The molecule has 0 unspecified atom stereocenters. The number of methoxy groups -OCH3 is 3. The van der Waals surface area contributed by atoms with Gasteiger partial charge in [-0.2, -0.15) is 0 Å². The number of rotatable bonds is 5. The molecule has 0 heterocycles. The van der Waals surface area contributed by atoms with Crippen molar-refractivity contribution in [3.8, 4) is 17.2 Å². The zero-order valence-corrected chi connectivity index (χ0v) is 10.6. The van der Waals surface area contributed by atoms with Crippen molar-refractivity contribution in [2.45, 2.75) is 19.1 Å². The van der Waals surface area contributed by atoms with Gasteiger partial charge < -0.3 is 25.1 Å². The summed E-state index contributed by atoms with van der Waals surface area (Å²) in [5.41, 5.74) is 6.58. The van der Waals surface area contributed by atoms with E-state index < -0.39 is 12.1 Å². The average Bonchev–Trinajstić information content (AvgIpc) is 2.35. The molecule has 0 amide bonds. The van der Waals surface area contributed by atoms with Crippen molar-refractivity contribution in [3.05, 3.63) is 17.7 Å². The lowest BCUT2D eigenvalue weighted by molar-refractivity contribution is 0.162. The first kappa shape index (κ1) is 13.6. The summed E-state index contributed by atoms with van der Waals surface area (Å²) in [5, 5.41) is 9.53. The fraction of sp³-hybridized carbons (Fsp3) is 0.500. The number of ether oxygens (including phenoxy) is 3. The summed E-state index contributed by atoms with van der Waals surface area (Å²) < 4.78 is 15.7. The second kappa shape index (κ2) is 5.75. The summed E-state index contributed by atoms with van der Waals surface area (Å²) in [7, 11) is 4.60. The first-order valence-electron chi connectivity index (χ1n) is 5.29. The van der Waals surface area contributed by atoms with Crippen LogP contribution in [0.1, 0.15) is 18.5 Å². The van der Waals surface area contributed by atoms with Crippen molar-refractivity contribution >= 4 is 0 Å². The molecule has 5 heteroatoms. The monoisotopic (exact) mass is 241 g/mol. The highest BCUT2D eigenvalue weighted by atomic mass is 16.5. The van der Waals surface area contributed by atoms with Crippen LogP contribution in [0.5, 0.6) is 17.2 Å². The molecule has 5 nitrogen and oxygen atoms in total. The topological polar surface area (TPSA) is 73.9 Å². The minimum Gasteiger partial charge on any atom is -0.493 e. The largest absolute Gasteiger partial charge is 0.493 e. The Kier molecular flexibility index (Phi) is 4.60. The normalized spacial score (nSPS) is 14.0. The number of hydrogen-bond acceptors (Lipinski definition) is 5. The minimum atomic E-state index is -0.679. The fourth-order valence-corrected chi connectivity index (χ4v) is 1.65. The third kappa shape index (κ3) is 2.62. The third-order valence-electron chi connectivity index (χ3n) is 2.61. The van der Waals surface area contributed by atoms with E-state index in [4.69, 9.17) is 19.9 Å². The fourth-order valence-electron chi connectivity index (χ4n) is 1.65. The van der Waals surface area contributed by atoms with Gasteiger partial charge in [-0.1, -0.05) is 0 Å². The van der Waals surface area contributed by atoms with Crippen LogP contribution < -0.4 is 19.9 Å². The predicted octanol–water partition coefficient (Wildman–Crippen LogP) is 1.09. The standard InChI is InChI=1S/C12H19NO4/c1-7(14)10(13)8-5-6-9(15-2)12(17-4)11(8)16-3/h5-7,10,14H,13H2,1-4H3/t7-,10-/m0/s1. The lowest BCUT2D eigenvalue weighted by atomic mass is 10.0. The molecule has 0 saturated carbocycles. The molecule has 96 valence electrons. The maximum Gasteiger partial charge on any atom is 0.203 e. The van der Waals surface area contributed by atoms with Crippen LogP contribution in [0.2, 0.25) is 0 Å². The van der Waals surface area contributed by atoms with Crippen molar-refractivity contribution in [3.63, 3.8) is 0 Å². The van der Waals surface area contributed by atoms with Crippen LogP contribution >= 0.6 is 0 Å². The van der Waals surface area contributed by atoms with E-state index in [0.717, 1.165) is 0 Å². The molecule has 1 rings (SSSR count). The SMILES string of the molecule is COc1ccc([C@@H](N)[C@H](C)O)c(OC)c1OC. The Labute approximate surface area is 101 Å². The molecule has 1 aromatic rings. The summed E-state index contributed by atoms with van der Waals surface area (Å²) in [6, 6.07) is 2.96. The van der Waals surface area contributed by atoms with Gasteiger partial charge in [0.2, 0.25) is 5.75 Å². The molecule has 2 atom stereocenters. The van der Waals surface area contributed by atoms with E-state index >= 15 is 0 Å². The van der Waals surface area contributed by atoms with Crippen molar-refractivity contribution < 1.29 is 19.3 Å². The molecule has 0 aliphatic rings. The second-order valence-corrected chi connectivity index (χ2v) is 3.69. The van der Waals surface area contributed by atoms with E-state index in [1.807, 2.05) is 0 Å². The third-order valence-corrected chi connectivity index (χ3v) is 2.61. The highest BCUT2D eigenvalue weighted by Gasteiger charge is 2.22. The molecule has 0 saturated heterocycles. The van der Waals surface area contributed by atoms with E-state index in [-0.39, 0.29) is 0 Å². The number of aliphatic hydroxyl groups is 1. The molecule has 0 radical (unpaired) electrons. The van der Waals surface area contributed by atoms with Crippen LogP contribution in [0.3, 0.4) is 0 Å². The highest BCUT2D eigenvalue weighted by Crippen LogP contribution is 2.42. The summed E-state index contributed by atoms with van der Waals surface area (Å²) in [6.07, 6.45) is -0.679. The van der Waals surface area contributed by atoms with Crippen LogP contribution in [-0.2, 0) is 0 Å². The zero-order valence-electron chi connectivity index (χ0n) is 10.6. The van der Waals surface area contributed by atoms with Gasteiger partial charge in [-0.15, -0.1) is 0 Å². The van der Waals surface area contributed by atoms with E-state index in [1.165, 1.54) is 14.2 Å². The van der Waals surface area contributed by atoms with Gasteiger partial charge in [-0.3, -0.25) is 0 Å². The van der Waals surface area contributed by atoms with Gasteiger partial charge in [-0.05, 0) is 19.1 Å². The second-order valence-electron chi connectivity index (χ2n) is 3.69.